The molecule has 2 unspecified atom stereocenters. The van der Waals surface area contributed by atoms with Crippen LogP contribution in [0.1, 0.15) is 45.1 Å². The third-order valence-electron chi connectivity index (χ3n) is 6.96. The molecule has 1 aliphatic carbocycles. The molecular formula is C25H27F4N5O2S. The molecule has 2 fully saturated rings. The Morgan fingerprint density at radius 3 is 2.46 bits per heavy atom. The lowest BCUT2D eigenvalue weighted by Gasteiger charge is -2.31. The molecule has 0 amide bonds. The Bertz CT molecular complexity index is 1310. The second-order valence-corrected chi connectivity index (χ2v) is 10.7. The molecule has 37 heavy (non-hydrogen) atoms. The van der Waals surface area contributed by atoms with E-state index in [1.165, 1.54) is 40.9 Å². The van der Waals surface area contributed by atoms with Crippen LogP contribution in [0.5, 0.6) is 5.75 Å². The van der Waals surface area contributed by atoms with Crippen molar-refractivity contribution < 1.29 is 22.3 Å². The van der Waals surface area contributed by atoms with E-state index in [2.05, 4.69) is 24.3 Å². The number of pyridine rings is 1. The van der Waals surface area contributed by atoms with Crippen LogP contribution >= 0.6 is 11.9 Å². The molecule has 2 aliphatic rings. The molecule has 1 N–H and O–H groups in total. The van der Waals surface area contributed by atoms with E-state index < -0.39 is 29.6 Å². The number of alkyl halides is 2. The smallest absolute Gasteiger partial charge is 0.387 e. The molecule has 7 nitrogen and oxygen atoms in total. The number of rotatable bonds is 7. The van der Waals surface area contributed by atoms with Gasteiger partial charge in [-0.3, -0.25) is 9.36 Å². The molecule has 0 bridgehead atoms. The second-order valence-electron chi connectivity index (χ2n) is 9.55. The highest BCUT2D eigenvalue weighted by atomic mass is 32.2. The summed E-state index contributed by atoms with van der Waals surface area (Å²) in [6.07, 6.45) is 5.65. The van der Waals surface area contributed by atoms with E-state index in [0.717, 1.165) is 38.2 Å². The van der Waals surface area contributed by atoms with Gasteiger partial charge in [-0.2, -0.15) is 13.8 Å². The summed E-state index contributed by atoms with van der Waals surface area (Å²) in [6.45, 7) is 0.311. The summed E-state index contributed by atoms with van der Waals surface area (Å²) in [5.41, 5.74) is -0.223. The number of halogens is 4. The first-order valence-corrected chi connectivity index (χ1v) is 13.1. The highest BCUT2D eigenvalue weighted by Gasteiger charge is 2.30. The zero-order valence-electron chi connectivity index (χ0n) is 20.2. The average molecular weight is 538 g/mol. The van der Waals surface area contributed by atoms with Crippen molar-refractivity contribution in [3.63, 3.8) is 0 Å². The molecule has 1 saturated carbocycles. The second kappa shape index (κ2) is 10.9. The fraction of sp³-hybridized carbons (Fsp3) is 0.480. The van der Waals surface area contributed by atoms with E-state index in [0.29, 0.717) is 35.0 Å². The lowest BCUT2D eigenvalue weighted by atomic mass is 10.1. The predicted molar refractivity (Wildman–Crippen MR) is 133 cm³/mol. The SMILES string of the molecule is CC1CCCC1n1c(=O)c(OC(F)F)cc2cnc(NC3CCN(Sc4cc(F)cc(F)c4)CC3)nc21. The van der Waals surface area contributed by atoms with Crippen molar-refractivity contribution in [2.24, 2.45) is 5.92 Å². The van der Waals surface area contributed by atoms with Crippen LogP contribution < -0.4 is 15.6 Å². The van der Waals surface area contributed by atoms with Gasteiger partial charge in [0, 0.05) is 47.7 Å². The molecule has 1 saturated heterocycles. The third kappa shape index (κ3) is 5.85. The Labute approximate surface area is 215 Å². The molecule has 2 atom stereocenters. The molecule has 1 aromatic carbocycles. The van der Waals surface area contributed by atoms with Gasteiger partial charge in [0.25, 0.3) is 5.56 Å². The molecule has 0 spiro atoms. The number of nitrogens with zero attached hydrogens (tertiary/aromatic N) is 4. The summed E-state index contributed by atoms with van der Waals surface area (Å²) in [6, 6.07) is 4.64. The lowest BCUT2D eigenvalue weighted by molar-refractivity contribution is -0.0510. The summed E-state index contributed by atoms with van der Waals surface area (Å²) in [7, 11) is 0. The Kier molecular flexibility index (Phi) is 7.57. The fourth-order valence-electron chi connectivity index (χ4n) is 5.17. The summed E-state index contributed by atoms with van der Waals surface area (Å²) < 4.78 is 60.9. The molecule has 3 aromatic rings. The highest BCUT2D eigenvalue weighted by Crippen LogP contribution is 2.36. The normalized spacial score (nSPS) is 21.1. The van der Waals surface area contributed by atoms with E-state index >= 15 is 0 Å². The number of piperidine rings is 1. The minimum Gasteiger partial charge on any atom is -0.429 e. The van der Waals surface area contributed by atoms with Crippen LogP contribution in [0, 0.1) is 17.6 Å². The van der Waals surface area contributed by atoms with Gasteiger partial charge in [0.05, 0.1) is 0 Å². The minimum absolute atomic E-state index is 0.0607. The molecular weight excluding hydrogens is 510 g/mol. The van der Waals surface area contributed by atoms with Gasteiger partial charge in [-0.1, -0.05) is 13.3 Å². The Morgan fingerprint density at radius 1 is 1.08 bits per heavy atom. The van der Waals surface area contributed by atoms with Crippen LogP contribution in [0.2, 0.25) is 0 Å². The molecule has 0 radical (unpaired) electrons. The van der Waals surface area contributed by atoms with Crippen molar-refractivity contribution in [1.82, 2.24) is 18.8 Å². The van der Waals surface area contributed by atoms with Crippen molar-refractivity contribution in [3.05, 3.63) is 52.5 Å². The molecule has 5 rings (SSSR count). The van der Waals surface area contributed by atoms with E-state index in [1.54, 1.807) is 0 Å². The van der Waals surface area contributed by atoms with Crippen LogP contribution in [0.3, 0.4) is 0 Å². The van der Waals surface area contributed by atoms with Crippen molar-refractivity contribution >= 4 is 28.9 Å². The van der Waals surface area contributed by atoms with Crippen LogP contribution in [0.4, 0.5) is 23.5 Å². The van der Waals surface area contributed by atoms with Gasteiger partial charge in [-0.05, 0) is 61.7 Å². The van der Waals surface area contributed by atoms with Crippen molar-refractivity contribution in [2.75, 3.05) is 18.4 Å². The first kappa shape index (κ1) is 25.8. The number of hydrogen-bond acceptors (Lipinski definition) is 7. The average Bonchev–Trinajstić information content (AvgIpc) is 3.25. The number of fused-ring (bicyclic) bond motifs is 1. The zero-order chi connectivity index (χ0) is 26.1. The summed E-state index contributed by atoms with van der Waals surface area (Å²) in [4.78, 5) is 22.7. The monoisotopic (exact) mass is 537 g/mol. The van der Waals surface area contributed by atoms with Crippen LogP contribution in [0.25, 0.3) is 11.0 Å². The standard InChI is InChI=1S/C25H27F4N5O2S/c1-14-3-2-4-20(14)34-22-15(9-21(23(34)35)36-24(28)29)13-30-25(32-22)31-18-5-7-33(8-6-18)37-19-11-16(26)10-17(27)12-19/h9-14,18,20,24H,2-8H2,1H3,(H,30,31,32). The molecule has 12 heteroatoms. The van der Waals surface area contributed by atoms with Gasteiger partial charge in [0.2, 0.25) is 5.95 Å². The van der Waals surface area contributed by atoms with Gasteiger partial charge < -0.3 is 10.1 Å². The van der Waals surface area contributed by atoms with Gasteiger partial charge >= 0.3 is 6.61 Å². The van der Waals surface area contributed by atoms with Crippen LogP contribution in [-0.2, 0) is 0 Å². The number of benzene rings is 1. The van der Waals surface area contributed by atoms with Gasteiger partial charge in [0.1, 0.15) is 17.3 Å². The van der Waals surface area contributed by atoms with Crippen LogP contribution in [0.15, 0.2) is 40.2 Å². The van der Waals surface area contributed by atoms with Gasteiger partial charge in [0.15, 0.2) is 5.75 Å². The van der Waals surface area contributed by atoms with E-state index in [9.17, 15) is 22.4 Å². The van der Waals surface area contributed by atoms with Gasteiger partial charge in [-0.25, -0.2) is 18.1 Å². The topological polar surface area (TPSA) is 72.3 Å². The summed E-state index contributed by atoms with van der Waals surface area (Å²) >= 11 is 1.32. The maximum absolute atomic E-state index is 13.5. The maximum Gasteiger partial charge on any atom is 0.387 e. The largest absolute Gasteiger partial charge is 0.429 e. The van der Waals surface area contributed by atoms with Crippen molar-refractivity contribution in [1.29, 1.82) is 0 Å². The predicted octanol–water partition coefficient (Wildman–Crippen LogP) is 5.62. The van der Waals surface area contributed by atoms with Crippen molar-refractivity contribution in [3.8, 4) is 5.75 Å². The quantitative estimate of drug-likeness (QED) is 0.310. The minimum atomic E-state index is -3.11. The Hall–Kier alpha value is -2.86. The van der Waals surface area contributed by atoms with Crippen LogP contribution in [-0.4, -0.2) is 44.6 Å². The zero-order valence-corrected chi connectivity index (χ0v) is 21.0. The molecule has 3 heterocycles. The lowest BCUT2D eigenvalue weighted by Crippen LogP contribution is -2.36. The van der Waals surface area contributed by atoms with E-state index in [1.807, 2.05) is 6.92 Å². The first-order valence-electron chi connectivity index (χ1n) is 12.3. The number of aromatic nitrogens is 3. The summed E-state index contributed by atoms with van der Waals surface area (Å²) in [5, 5.41) is 3.78. The molecule has 1 aliphatic heterocycles. The number of anilines is 1. The maximum atomic E-state index is 13.5. The number of hydrogen-bond donors (Lipinski definition) is 1. The van der Waals surface area contributed by atoms with E-state index in [-0.39, 0.29) is 18.0 Å². The highest BCUT2D eigenvalue weighted by molar-refractivity contribution is 7.97. The number of ether oxygens (including phenoxy) is 1. The van der Waals surface area contributed by atoms with Crippen molar-refractivity contribution in [2.45, 2.75) is 62.6 Å². The number of nitrogens with one attached hydrogen (secondary N) is 1. The first-order chi connectivity index (χ1) is 17.8. The molecule has 198 valence electrons. The van der Waals surface area contributed by atoms with E-state index in [4.69, 9.17) is 0 Å². The Balaban J connectivity index is 1.33. The fourth-order valence-corrected chi connectivity index (χ4v) is 6.19. The van der Waals surface area contributed by atoms with Gasteiger partial charge in [-0.15, -0.1) is 0 Å². The summed E-state index contributed by atoms with van der Waals surface area (Å²) in [5.74, 6) is -1.07. The molecule has 2 aromatic heterocycles. The Morgan fingerprint density at radius 2 is 1.81 bits per heavy atom. The third-order valence-corrected chi connectivity index (χ3v) is 8.03.